The molecule has 0 fully saturated rings. The van der Waals surface area contributed by atoms with Gasteiger partial charge in [0.25, 0.3) is 0 Å². The van der Waals surface area contributed by atoms with E-state index in [4.69, 9.17) is 10.5 Å². The van der Waals surface area contributed by atoms with E-state index in [1.165, 1.54) is 12.0 Å². The highest BCUT2D eigenvalue weighted by atomic mass is 32.2. The van der Waals surface area contributed by atoms with E-state index in [2.05, 4.69) is 24.3 Å². The molecular weight excluding hydrogens is 258 g/mol. The number of benzene rings is 1. The van der Waals surface area contributed by atoms with Crippen molar-refractivity contribution in [2.45, 2.75) is 43.0 Å². The predicted molar refractivity (Wildman–Crippen MR) is 80.5 cm³/mol. The molecule has 0 bridgehead atoms. The van der Waals surface area contributed by atoms with Crippen LogP contribution < -0.4 is 5.73 Å². The highest BCUT2D eigenvalue weighted by Gasteiger charge is 2.35. The molecule has 0 aromatic heterocycles. The molecule has 1 aromatic rings. The quantitative estimate of drug-likeness (QED) is 0.643. The molecule has 0 saturated heterocycles. The molecule has 0 aliphatic rings. The first-order valence-corrected chi connectivity index (χ1v) is 7.67. The standard InChI is InChI=1S/C15H23NO2S/c1-5-13(16)15(2,10-14(17)18-3)11-6-8-12(19-4)9-7-11/h6-9,13H,5,10,16H2,1-4H3. The number of nitrogens with two attached hydrogens (primary N) is 1. The third kappa shape index (κ3) is 3.74. The first kappa shape index (κ1) is 16.1. The number of thioether (sulfide) groups is 1. The first-order chi connectivity index (χ1) is 8.97. The van der Waals surface area contributed by atoms with E-state index in [0.29, 0.717) is 6.42 Å². The Hall–Kier alpha value is -1.00. The fourth-order valence-electron chi connectivity index (χ4n) is 2.24. The molecule has 0 spiro atoms. The van der Waals surface area contributed by atoms with Gasteiger partial charge in [0, 0.05) is 16.4 Å². The predicted octanol–water partition coefficient (Wildman–Crippen LogP) is 2.97. The number of ether oxygens (including phenoxy) is 1. The van der Waals surface area contributed by atoms with E-state index in [1.807, 2.05) is 20.1 Å². The van der Waals surface area contributed by atoms with E-state index in [-0.39, 0.29) is 12.0 Å². The monoisotopic (exact) mass is 281 g/mol. The number of hydrogen-bond acceptors (Lipinski definition) is 4. The highest BCUT2D eigenvalue weighted by Crippen LogP contribution is 2.33. The molecule has 4 heteroatoms. The van der Waals surface area contributed by atoms with Gasteiger partial charge in [0.15, 0.2) is 0 Å². The summed E-state index contributed by atoms with van der Waals surface area (Å²) in [5.74, 6) is -0.222. The molecule has 0 aliphatic heterocycles. The molecule has 2 atom stereocenters. The van der Waals surface area contributed by atoms with Crippen molar-refractivity contribution in [3.63, 3.8) is 0 Å². The van der Waals surface area contributed by atoms with Crippen LogP contribution in [0.3, 0.4) is 0 Å². The summed E-state index contributed by atoms with van der Waals surface area (Å²) in [5, 5.41) is 0. The second-order valence-corrected chi connectivity index (χ2v) is 5.79. The van der Waals surface area contributed by atoms with Crippen LogP contribution in [-0.4, -0.2) is 25.4 Å². The Kier molecular flexibility index (Phi) is 5.88. The van der Waals surface area contributed by atoms with Crippen LogP contribution >= 0.6 is 11.8 Å². The molecule has 0 amide bonds. The van der Waals surface area contributed by atoms with Gasteiger partial charge in [-0.3, -0.25) is 4.79 Å². The number of esters is 1. The van der Waals surface area contributed by atoms with Gasteiger partial charge in [-0.05, 0) is 30.4 Å². The number of carbonyl (C=O) groups excluding carboxylic acids is 1. The van der Waals surface area contributed by atoms with E-state index < -0.39 is 5.41 Å². The zero-order valence-corrected chi connectivity index (χ0v) is 12.9. The Bertz CT molecular complexity index is 419. The SMILES string of the molecule is CCC(N)C(C)(CC(=O)OC)c1ccc(SC)cc1. The normalized spacial score (nSPS) is 15.6. The summed E-state index contributed by atoms with van der Waals surface area (Å²) >= 11 is 1.70. The third-order valence-electron chi connectivity index (χ3n) is 3.75. The van der Waals surface area contributed by atoms with E-state index in [0.717, 1.165) is 12.0 Å². The second kappa shape index (κ2) is 6.96. The Labute approximate surface area is 119 Å². The lowest BCUT2D eigenvalue weighted by Crippen LogP contribution is -2.44. The summed E-state index contributed by atoms with van der Waals surface area (Å²) in [6.45, 7) is 4.07. The van der Waals surface area contributed by atoms with Crippen molar-refractivity contribution in [1.82, 2.24) is 0 Å². The molecule has 3 nitrogen and oxygen atoms in total. The average Bonchev–Trinajstić information content (AvgIpc) is 2.45. The number of methoxy groups -OCH3 is 1. The summed E-state index contributed by atoms with van der Waals surface area (Å²) in [6, 6.07) is 8.18. The van der Waals surface area contributed by atoms with Crippen LogP contribution in [0.5, 0.6) is 0 Å². The van der Waals surface area contributed by atoms with Crippen LogP contribution in [0.15, 0.2) is 29.2 Å². The van der Waals surface area contributed by atoms with E-state index in [1.54, 1.807) is 11.8 Å². The van der Waals surface area contributed by atoms with Crippen LogP contribution in [0, 0.1) is 0 Å². The van der Waals surface area contributed by atoms with E-state index >= 15 is 0 Å². The molecular formula is C15H23NO2S. The van der Waals surface area contributed by atoms with Crippen LogP contribution in [0.4, 0.5) is 0 Å². The Morgan fingerprint density at radius 1 is 1.42 bits per heavy atom. The summed E-state index contributed by atoms with van der Waals surface area (Å²) in [4.78, 5) is 12.9. The maximum atomic E-state index is 11.7. The van der Waals surface area contributed by atoms with Crippen LogP contribution in [0.1, 0.15) is 32.3 Å². The van der Waals surface area contributed by atoms with Gasteiger partial charge < -0.3 is 10.5 Å². The lowest BCUT2D eigenvalue weighted by Gasteiger charge is -2.35. The molecule has 19 heavy (non-hydrogen) atoms. The van der Waals surface area contributed by atoms with Gasteiger partial charge in [-0.15, -0.1) is 11.8 Å². The second-order valence-electron chi connectivity index (χ2n) is 4.91. The van der Waals surface area contributed by atoms with Crippen molar-refractivity contribution in [3.8, 4) is 0 Å². The summed E-state index contributed by atoms with van der Waals surface area (Å²) in [5.41, 5.74) is 6.94. The van der Waals surface area contributed by atoms with Gasteiger partial charge in [-0.25, -0.2) is 0 Å². The Morgan fingerprint density at radius 3 is 2.42 bits per heavy atom. The number of rotatable bonds is 6. The molecule has 1 rings (SSSR count). The minimum Gasteiger partial charge on any atom is -0.469 e. The third-order valence-corrected chi connectivity index (χ3v) is 4.49. The molecule has 1 aromatic carbocycles. The molecule has 2 unspecified atom stereocenters. The van der Waals surface area contributed by atoms with Crippen LogP contribution in [0.2, 0.25) is 0 Å². The smallest absolute Gasteiger partial charge is 0.306 e. The van der Waals surface area contributed by atoms with Crippen molar-refractivity contribution in [2.24, 2.45) is 5.73 Å². The maximum Gasteiger partial charge on any atom is 0.306 e. The minimum atomic E-state index is -0.390. The fourth-order valence-corrected chi connectivity index (χ4v) is 2.65. The molecule has 0 heterocycles. The lowest BCUT2D eigenvalue weighted by molar-refractivity contribution is -0.142. The molecule has 0 saturated carbocycles. The van der Waals surface area contributed by atoms with Gasteiger partial charge >= 0.3 is 5.97 Å². The van der Waals surface area contributed by atoms with Gasteiger partial charge in [-0.2, -0.15) is 0 Å². The summed E-state index contributed by atoms with van der Waals surface area (Å²) in [7, 11) is 1.41. The van der Waals surface area contributed by atoms with Crippen LogP contribution in [0.25, 0.3) is 0 Å². The zero-order chi connectivity index (χ0) is 14.5. The lowest BCUT2D eigenvalue weighted by atomic mass is 9.73. The molecule has 2 N–H and O–H groups in total. The van der Waals surface area contributed by atoms with Crippen molar-refractivity contribution in [3.05, 3.63) is 29.8 Å². The molecule has 106 valence electrons. The fraction of sp³-hybridized carbons (Fsp3) is 0.533. The van der Waals surface area contributed by atoms with Gasteiger partial charge in [0.05, 0.1) is 13.5 Å². The van der Waals surface area contributed by atoms with Crippen molar-refractivity contribution in [2.75, 3.05) is 13.4 Å². The van der Waals surface area contributed by atoms with Crippen molar-refractivity contribution < 1.29 is 9.53 Å². The molecule has 0 radical (unpaired) electrons. The van der Waals surface area contributed by atoms with E-state index in [9.17, 15) is 4.79 Å². The topological polar surface area (TPSA) is 52.3 Å². The maximum absolute atomic E-state index is 11.7. The van der Waals surface area contributed by atoms with Gasteiger partial charge in [0.2, 0.25) is 0 Å². The zero-order valence-electron chi connectivity index (χ0n) is 12.1. The number of carbonyl (C=O) groups is 1. The highest BCUT2D eigenvalue weighted by molar-refractivity contribution is 7.98. The van der Waals surface area contributed by atoms with Gasteiger partial charge in [0.1, 0.15) is 0 Å². The van der Waals surface area contributed by atoms with Gasteiger partial charge in [-0.1, -0.05) is 26.0 Å². The largest absolute Gasteiger partial charge is 0.469 e. The minimum absolute atomic E-state index is 0.0771. The first-order valence-electron chi connectivity index (χ1n) is 6.44. The Balaban J connectivity index is 3.10. The summed E-state index contributed by atoms with van der Waals surface area (Å²) < 4.78 is 4.81. The molecule has 0 aliphatic carbocycles. The van der Waals surface area contributed by atoms with Crippen molar-refractivity contribution >= 4 is 17.7 Å². The van der Waals surface area contributed by atoms with Crippen molar-refractivity contribution in [1.29, 1.82) is 0 Å². The average molecular weight is 281 g/mol. The summed E-state index contributed by atoms with van der Waals surface area (Å²) in [6.07, 6.45) is 3.16. The number of hydrogen-bond donors (Lipinski definition) is 1. The van der Waals surface area contributed by atoms with Crippen LogP contribution in [-0.2, 0) is 14.9 Å². The Morgan fingerprint density at radius 2 is 2.00 bits per heavy atom.